The lowest BCUT2D eigenvalue weighted by molar-refractivity contribution is 0.666. The van der Waals surface area contributed by atoms with E-state index in [1.165, 1.54) is 49.0 Å². The summed E-state index contributed by atoms with van der Waals surface area (Å²) >= 11 is 1.98. The third-order valence-electron chi connectivity index (χ3n) is 12.2. The number of furan rings is 1. The Labute approximate surface area is 352 Å². The van der Waals surface area contributed by atoms with Crippen LogP contribution in [0.5, 0.6) is 0 Å². The van der Waals surface area contributed by atoms with Crippen molar-refractivity contribution in [3.63, 3.8) is 0 Å². The maximum Gasteiger partial charge on any atom is 0.159 e. The van der Waals surface area contributed by atoms with Gasteiger partial charge in [0.15, 0.2) is 5.58 Å². The van der Waals surface area contributed by atoms with Gasteiger partial charge in [-0.05, 0) is 113 Å². The van der Waals surface area contributed by atoms with Crippen molar-refractivity contribution >= 4 is 72.6 Å². The monoisotopic (exact) mass is 786 g/mol. The highest BCUT2D eigenvalue weighted by Crippen LogP contribution is 2.47. The summed E-state index contributed by atoms with van der Waals surface area (Å²) in [6.07, 6.45) is 1.07. The number of para-hydroxylation sites is 3. The van der Waals surface area contributed by atoms with Crippen LogP contribution >= 0.6 is 11.8 Å². The van der Waals surface area contributed by atoms with Crippen LogP contribution in [-0.2, 0) is 6.42 Å². The molecule has 1 unspecified atom stereocenters. The highest BCUT2D eigenvalue weighted by Gasteiger charge is 2.24. The SMILES string of the molecule is c1ccc(-c2ccc(N(c3ccc(-c4ccc5c(c4)c4ccccc4n5-c4cccc5c4oc4ccccc45)cc3)c3ccc(C4Cc5ccccc5S4)cc3)cc2)cc1. The molecule has 9 aromatic carbocycles. The predicted molar refractivity (Wildman–Crippen MR) is 252 cm³/mol. The zero-order chi connectivity index (χ0) is 39.6. The second-order valence-electron chi connectivity index (χ2n) is 15.6. The molecule has 11 aromatic rings. The molecule has 0 saturated heterocycles. The summed E-state index contributed by atoms with van der Waals surface area (Å²) in [4.78, 5) is 3.77. The second kappa shape index (κ2) is 14.2. The van der Waals surface area contributed by atoms with E-state index < -0.39 is 0 Å². The molecule has 3 heterocycles. The minimum absolute atomic E-state index is 0.430. The Morgan fingerprint density at radius 2 is 1.03 bits per heavy atom. The van der Waals surface area contributed by atoms with Gasteiger partial charge >= 0.3 is 0 Å². The summed E-state index contributed by atoms with van der Waals surface area (Å²) in [6.45, 7) is 0. The van der Waals surface area contributed by atoms with Crippen LogP contribution in [0.2, 0.25) is 0 Å². The fourth-order valence-electron chi connectivity index (χ4n) is 9.21. The van der Waals surface area contributed by atoms with Gasteiger partial charge in [-0.25, -0.2) is 0 Å². The number of benzene rings is 9. The first-order valence-corrected chi connectivity index (χ1v) is 21.5. The molecule has 0 N–H and O–H groups in total. The first kappa shape index (κ1) is 34.7. The van der Waals surface area contributed by atoms with Crippen LogP contribution in [0.15, 0.2) is 222 Å². The Morgan fingerprint density at radius 3 is 1.80 bits per heavy atom. The first-order valence-electron chi connectivity index (χ1n) is 20.6. The van der Waals surface area contributed by atoms with Crippen LogP contribution < -0.4 is 4.90 Å². The van der Waals surface area contributed by atoms with E-state index in [-0.39, 0.29) is 0 Å². The Kier molecular flexibility index (Phi) is 8.24. The van der Waals surface area contributed by atoms with Crippen molar-refractivity contribution in [2.45, 2.75) is 16.6 Å². The first-order chi connectivity index (χ1) is 29.7. The molecular formula is C56H38N2OS. The fraction of sp³-hybridized carbons (Fsp3) is 0.0357. The molecule has 0 aliphatic carbocycles. The lowest BCUT2D eigenvalue weighted by Gasteiger charge is -2.26. The predicted octanol–water partition coefficient (Wildman–Crippen LogP) is 15.9. The van der Waals surface area contributed by atoms with Crippen LogP contribution in [0.3, 0.4) is 0 Å². The summed E-state index contributed by atoms with van der Waals surface area (Å²) in [5, 5.41) is 5.12. The van der Waals surface area contributed by atoms with Crippen LogP contribution in [-0.4, -0.2) is 4.57 Å². The van der Waals surface area contributed by atoms with Gasteiger partial charge in [0.25, 0.3) is 0 Å². The molecule has 0 spiro atoms. The number of fused-ring (bicyclic) bond motifs is 7. The number of hydrogen-bond acceptors (Lipinski definition) is 3. The van der Waals surface area contributed by atoms with Gasteiger partial charge in [-0.15, -0.1) is 11.8 Å². The molecule has 1 aliphatic rings. The van der Waals surface area contributed by atoms with E-state index in [1.54, 1.807) is 0 Å². The highest BCUT2D eigenvalue weighted by molar-refractivity contribution is 7.99. The number of thioether (sulfide) groups is 1. The van der Waals surface area contributed by atoms with Crippen LogP contribution in [0, 0.1) is 0 Å². The Bertz CT molecular complexity index is 3340. The van der Waals surface area contributed by atoms with Crippen LogP contribution in [0.25, 0.3) is 71.7 Å². The fourth-order valence-corrected chi connectivity index (χ4v) is 10.5. The van der Waals surface area contributed by atoms with Crippen molar-refractivity contribution in [1.29, 1.82) is 0 Å². The molecule has 12 rings (SSSR count). The lowest BCUT2D eigenvalue weighted by Crippen LogP contribution is -2.10. The van der Waals surface area contributed by atoms with E-state index in [2.05, 4.69) is 216 Å². The smallest absolute Gasteiger partial charge is 0.159 e. The van der Waals surface area contributed by atoms with Gasteiger partial charge in [0.2, 0.25) is 0 Å². The van der Waals surface area contributed by atoms with Crippen LogP contribution in [0.1, 0.15) is 16.4 Å². The maximum absolute atomic E-state index is 6.53. The molecule has 0 bridgehead atoms. The number of anilines is 3. The molecule has 4 heteroatoms. The molecule has 60 heavy (non-hydrogen) atoms. The van der Waals surface area contributed by atoms with Gasteiger partial charge in [0.05, 0.1) is 16.7 Å². The average molecular weight is 787 g/mol. The van der Waals surface area contributed by atoms with Gasteiger partial charge in [-0.1, -0.05) is 140 Å². The van der Waals surface area contributed by atoms with E-state index in [4.69, 9.17) is 4.42 Å². The second-order valence-corrected chi connectivity index (χ2v) is 16.9. The Hall–Kier alpha value is -7.27. The van der Waals surface area contributed by atoms with Crippen molar-refractivity contribution in [3.05, 3.63) is 223 Å². The Morgan fingerprint density at radius 1 is 0.450 bits per heavy atom. The molecule has 0 saturated carbocycles. The molecule has 3 nitrogen and oxygen atoms in total. The molecule has 2 aromatic heterocycles. The normalized spacial score (nSPS) is 13.7. The van der Waals surface area contributed by atoms with E-state index in [0.717, 1.165) is 62.1 Å². The van der Waals surface area contributed by atoms with Crippen molar-refractivity contribution < 1.29 is 4.42 Å². The van der Waals surface area contributed by atoms with Crippen molar-refractivity contribution in [1.82, 2.24) is 4.57 Å². The van der Waals surface area contributed by atoms with Gasteiger partial charge in [0, 0.05) is 48.8 Å². The molecule has 0 fully saturated rings. The minimum Gasteiger partial charge on any atom is -0.454 e. The average Bonchev–Trinajstić information content (AvgIpc) is 4.02. The third kappa shape index (κ3) is 5.83. The summed E-state index contributed by atoms with van der Waals surface area (Å²) in [5.74, 6) is 0. The minimum atomic E-state index is 0.430. The largest absolute Gasteiger partial charge is 0.454 e. The molecular weight excluding hydrogens is 749 g/mol. The third-order valence-corrected chi connectivity index (χ3v) is 13.5. The van der Waals surface area contributed by atoms with E-state index >= 15 is 0 Å². The van der Waals surface area contributed by atoms with Crippen molar-refractivity contribution in [3.8, 4) is 27.9 Å². The van der Waals surface area contributed by atoms with E-state index in [1.807, 2.05) is 17.8 Å². The number of nitrogens with zero attached hydrogens (tertiary/aromatic N) is 2. The quantitative estimate of drug-likeness (QED) is 0.161. The maximum atomic E-state index is 6.53. The molecule has 0 radical (unpaired) electrons. The molecule has 0 amide bonds. The molecule has 1 atom stereocenters. The number of rotatable bonds is 7. The highest BCUT2D eigenvalue weighted by atomic mass is 32.2. The summed E-state index contributed by atoms with van der Waals surface area (Å²) in [7, 11) is 0. The number of aromatic nitrogens is 1. The summed E-state index contributed by atoms with van der Waals surface area (Å²) < 4.78 is 8.89. The van der Waals surface area contributed by atoms with Crippen LogP contribution in [0.4, 0.5) is 17.1 Å². The van der Waals surface area contributed by atoms with Crippen molar-refractivity contribution in [2.75, 3.05) is 4.90 Å². The van der Waals surface area contributed by atoms with Gasteiger partial charge in [0.1, 0.15) is 5.58 Å². The molecule has 1 aliphatic heterocycles. The van der Waals surface area contributed by atoms with Gasteiger partial charge < -0.3 is 13.9 Å². The van der Waals surface area contributed by atoms with E-state index in [0.29, 0.717) is 5.25 Å². The van der Waals surface area contributed by atoms with Gasteiger partial charge in [-0.2, -0.15) is 0 Å². The summed E-state index contributed by atoms with van der Waals surface area (Å²) in [6, 6.07) is 76.9. The summed E-state index contributed by atoms with van der Waals surface area (Å²) in [5.41, 5.74) is 16.1. The zero-order valence-electron chi connectivity index (χ0n) is 32.7. The number of hydrogen-bond donors (Lipinski definition) is 0. The zero-order valence-corrected chi connectivity index (χ0v) is 33.5. The lowest BCUT2D eigenvalue weighted by atomic mass is 10.0. The van der Waals surface area contributed by atoms with Crippen molar-refractivity contribution in [2.24, 2.45) is 0 Å². The standard InChI is InChI=1S/C56H38N2OS/c1-2-11-37(12-3-1)38-21-28-43(29-22-38)57(45-32-25-40(26-33-45)55-36-42-13-4-9-20-54(42)60-55)44-30-23-39(24-31-44)41-27-34-51-49(35-41)46-14-5-7-17-50(46)58(51)52-18-10-16-48-47-15-6-8-19-53(47)59-56(48)52/h1-35,55H,36H2. The molecule has 284 valence electrons. The topological polar surface area (TPSA) is 21.3 Å². The Balaban J connectivity index is 0.917. The van der Waals surface area contributed by atoms with E-state index in [9.17, 15) is 0 Å². The van der Waals surface area contributed by atoms with Gasteiger partial charge in [-0.3, -0.25) is 0 Å².